The molecule has 1 atom stereocenters. The lowest BCUT2D eigenvalue weighted by molar-refractivity contribution is 0.0167. The molecule has 1 aliphatic rings. The van der Waals surface area contributed by atoms with Crippen molar-refractivity contribution in [2.75, 3.05) is 51.4 Å². The van der Waals surface area contributed by atoms with Crippen molar-refractivity contribution in [2.24, 2.45) is 0 Å². The zero-order chi connectivity index (χ0) is 17.2. The van der Waals surface area contributed by atoms with Crippen LogP contribution in [0.1, 0.15) is 18.0 Å². The Morgan fingerprint density at radius 1 is 1.29 bits per heavy atom. The monoisotopic (exact) mass is 355 g/mol. The van der Waals surface area contributed by atoms with Crippen molar-refractivity contribution >= 4 is 17.8 Å². The first kappa shape index (κ1) is 19.0. The maximum absolute atomic E-state index is 13.2. The highest BCUT2D eigenvalue weighted by Gasteiger charge is 2.23. The molecule has 1 aromatic rings. The molecule has 0 saturated carbocycles. The predicted molar refractivity (Wildman–Crippen MR) is 95.9 cm³/mol. The van der Waals surface area contributed by atoms with Gasteiger partial charge in [0.15, 0.2) is 0 Å². The predicted octanol–water partition coefficient (Wildman–Crippen LogP) is 2.25. The SMILES string of the molecule is CSCCCNC(=O)NC[C@H](c1ccc(F)cc1)N1CCOCC1. The summed E-state index contributed by atoms with van der Waals surface area (Å²) in [7, 11) is 0. The van der Waals surface area contributed by atoms with Crippen molar-refractivity contribution in [3.63, 3.8) is 0 Å². The quantitative estimate of drug-likeness (QED) is 0.703. The third kappa shape index (κ3) is 6.30. The molecule has 0 radical (unpaired) electrons. The van der Waals surface area contributed by atoms with E-state index >= 15 is 0 Å². The van der Waals surface area contributed by atoms with Gasteiger partial charge in [-0.25, -0.2) is 9.18 Å². The number of carbonyl (C=O) groups is 1. The summed E-state index contributed by atoms with van der Waals surface area (Å²) in [6.07, 6.45) is 3.01. The van der Waals surface area contributed by atoms with Gasteiger partial charge in [-0.05, 0) is 36.1 Å². The maximum Gasteiger partial charge on any atom is 0.314 e. The third-order valence-electron chi connectivity index (χ3n) is 4.01. The second-order valence-electron chi connectivity index (χ2n) is 5.70. The van der Waals surface area contributed by atoms with Crippen molar-refractivity contribution in [3.8, 4) is 0 Å². The molecule has 1 saturated heterocycles. The molecule has 7 heteroatoms. The summed E-state index contributed by atoms with van der Waals surface area (Å²) in [6, 6.07) is 6.36. The second kappa shape index (κ2) is 10.5. The lowest BCUT2D eigenvalue weighted by atomic mass is 10.0. The van der Waals surface area contributed by atoms with Gasteiger partial charge in [0, 0.05) is 26.2 Å². The van der Waals surface area contributed by atoms with E-state index in [0.717, 1.165) is 30.8 Å². The number of hydrogen-bond acceptors (Lipinski definition) is 4. The van der Waals surface area contributed by atoms with Crippen LogP contribution in [0.3, 0.4) is 0 Å². The number of nitrogens with zero attached hydrogens (tertiary/aromatic N) is 1. The number of nitrogens with one attached hydrogen (secondary N) is 2. The minimum Gasteiger partial charge on any atom is -0.379 e. The largest absolute Gasteiger partial charge is 0.379 e. The van der Waals surface area contributed by atoms with Crippen LogP contribution in [0.15, 0.2) is 24.3 Å². The summed E-state index contributed by atoms with van der Waals surface area (Å²) < 4.78 is 18.6. The number of halogens is 1. The Morgan fingerprint density at radius 3 is 2.67 bits per heavy atom. The average Bonchev–Trinajstić information content (AvgIpc) is 2.61. The molecule has 2 rings (SSSR count). The molecule has 0 aliphatic carbocycles. The van der Waals surface area contributed by atoms with Gasteiger partial charge in [-0.3, -0.25) is 4.90 Å². The minimum atomic E-state index is -0.251. The van der Waals surface area contributed by atoms with Crippen LogP contribution < -0.4 is 10.6 Å². The summed E-state index contributed by atoms with van der Waals surface area (Å²) in [4.78, 5) is 14.2. The molecule has 2 N–H and O–H groups in total. The second-order valence-corrected chi connectivity index (χ2v) is 6.68. The van der Waals surface area contributed by atoms with Gasteiger partial charge in [0.05, 0.1) is 19.3 Å². The van der Waals surface area contributed by atoms with Crippen LogP contribution in [0, 0.1) is 5.82 Å². The van der Waals surface area contributed by atoms with Gasteiger partial charge >= 0.3 is 6.03 Å². The first-order chi connectivity index (χ1) is 11.7. The van der Waals surface area contributed by atoms with E-state index in [4.69, 9.17) is 4.74 Å². The first-order valence-electron chi connectivity index (χ1n) is 8.28. The molecule has 1 aliphatic heterocycles. The molecule has 1 aromatic carbocycles. The van der Waals surface area contributed by atoms with Gasteiger partial charge in [-0.15, -0.1) is 0 Å². The summed E-state index contributed by atoms with van der Waals surface area (Å²) in [5.41, 5.74) is 1.00. The molecule has 2 amide bonds. The molecule has 1 heterocycles. The highest BCUT2D eigenvalue weighted by atomic mass is 32.2. The highest BCUT2D eigenvalue weighted by Crippen LogP contribution is 2.21. The van der Waals surface area contributed by atoms with Crippen LogP contribution >= 0.6 is 11.8 Å². The van der Waals surface area contributed by atoms with Crippen molar-refractivity contribution in [1.29, 1.82) is 0 Å². The molecule has 0 aromatic heterocycles. The fourth-order valence-electron chi connectivity index (χ4n) is 2.70. The molecule has 24 heavy (non-hydrogen) atoms. The lowest BCUT2D eigenvalue weighted by Gasteiger charge is -2.35. The van der Waals surface area contributed by atoms with E-state index in [1.165, 1.54) is 12.1 Å². The van der Waals surface area contributed by atoms with Gasteiger partial charge in [0.1, 0.15) is 5.82 Å². The molecule has 5 nitrogen and oxygen atoms in total. The zero-order valence-electron chi connectivity index (χ0n) is 14.1. The highest BCUT2D eigenvalue weighted by molar-refractivity contribution is 7.98. The van der Waals surface area contributed by atoms with Crippen LogP contribution in [0.4, 0.5) is 9.18 Å². The smallest absolute Gasteiger partial charge is 0.314 e. The zero-order valence-corrected chi connectivity index (χ0v) is 14.9. The number of morpholine rings is 1. The number of benzene rings is 1. The van der Waals surface area contributed by atoms with E-state index in [0.29, 0.717) is 26.3 Å². The van der Waals surface area contributed by atoms with E-state index in [1.807, 2.05) is 0 Å². The molecule has 0 bridgehead atoms. The molecule has 1 fully saturated rings. The topological polar surface area (TPSA) is 53.6 Å². The van der Waals surface area contributed by atoms with Crippen molar-refractivity contribution in [3.05, 3.63) is 35.6 Å². The molecular weight excluding hydrogens is 329 g/mol. The van der Waals surface area contributed by atoms with Gasteiger partial charge in [-0.2, -0.15) is 11.8 Å². The maximum atomic E-state index is 13.2. The van der Waals surface area contributed by atoms with E-state index in [9.17, 15) is 9.18 Å². The van der Waals surface area contributed by atoms with Crippen molar-refractivity contribution < 1.29 is 13.9 Å². The van der Waals surface area contributed by atoms with Crippen LogP contribution in [0.25, 0.3) is 0 Å². The van der Waals surface area contributed by atoms with Gasteiger partial charge in [-0.1, -0.05) is 12.1 Å². The van der Waals surface area contributed by atoms with E-state index < -0.39 is 0 Å². The minimum absolute atomic E-state index is 0.0199. The number of hydrogen-bond donors (Lipinski definition) is 2. The number of rotatable bonds is 8. The Hall–Kier alpha value is -1.31. The fourth-order valence-corrected chi connectivity index (χ4v) is 3.14. The number of ether oxygens (including phenoxy) is 1. The van der Waals surface area contributed by atoms with Gasteiger partial charge in [0.25, 0.3) is 0 Å². The number of thioether (sulfide) groups is 1. The summed E-state index contributed by atoms with van der Waals surface area (Å²) in [5.74, 6) is 0.783. The Morgan fingerprint density at radius 2 is 2.00 bits per heavy atom. The Kier molecular flexibility index (Phi) is 8.35. The number of carbonyl (C=O) groups excluding carboxylic acids is 1. The van der Waals surface area contributed by atoms with Crippen molar-refractivity contribution in [1.82, 2.24) is 15.5 Å². The molecule has 0 unspecified atom stereocenters. The summed E-state index contributed by atoms with van der Waals surface area (Å²) in [6.45, 7) is 4.13. The lowest BCUT2D eigenvalue weighted by Crippen LogP contribution is -2.45. The van der Waals surface area contributed by atoms with Crippen molar-refractivity contribution in [2.45, 2.75) is 12.5 Å². The molecule has 134 valence electrons. The number of amides is 2. The number of urea groups is 1. The Balaban J connectivity index is 1.90. The van der Waals surface area contributed by atoms with Crippen LogP contribution in [-0.4, -0.2) is 62.3 Å². The molecule has 0 spiro atoms. The van der Waals surface area contributed by atoms with Gasteiger partial charge < -0.3 is 15.4 Å². The summed E-state index contributed by atoms with van der Waals surface area (Å²) >= 11 is 1.77. The fraction of sp³-hybridized carbons (Fsp3) is 0.588. The normalized spacial score (nSPS) is 16.6. The van der Waals surface area contributed by atoms with Gasteiger partial charge in [0.2, 0.25) is 0 Å². The Bertz CT molecular complexity index is 495. The molecular formula is C17H26FN3O2S. The van der Waals surface area contributed by atoms with E-state index in [-0.39, 0.29) is 17.9 Å². The average molecular weight is 355 g/mol. The standard InChI is InChI=1S/C17H26FN3O2S/c1-24-12-2-7-19-17(22)20-13-16(21-8-10-23-11-9-21)14-3-5-15(18)6-4-14/h3-6,16H,2,7-13H2,1H3,(H2,19,20,22)/t16-/m1/s1. The van der Waals surface area contributed by atoms with Crippen LogP contribution in [-0.2, 0) is 4.74 Å². The third-order valence-corrected chi connectivity index (χ3v) is 4.70. The summed E-state index contributed by atoms with van der Waals surface area (Å²) in [5, 5.41) is 5.81. The first-order valence-corrected chi connectivity index (χ1v) is 9.68. The Labute approximate surface area is 147 Å². The van der Waals surface area contributed by atoms with E-state index in [1.54, 1.807) is 23.9 Å². The van der Waals surface area contributed by atoms with Crippen LogP contribution in [0.2, 0.25) is 0 Å². The van der Waals surface area contributed by atoms with Crippen LogP contribution in [0.5, 0.6) is 0 Å². The van der Waals surface area contributed by atoms with E-state index in [2.05, 4.69) is 21.8 Å².